The zero-order valence-electron chi connectivity index (χ0n) is 16.8. The maximum atomic E-state index is 12.9. The van der Waals surface area contributed by atoms with Gasteiger partial charge in [0.05, 0.1) is 7.11 Å². The standard InChI is InChI=1S/C23H23N3O4/c1-14(26-13-15-7-3-4-9-18(15)22(26)28)21(27)25-20(23(29)30-2)11-16-12-24-19-10-6-5-8-17(16)19/h3-10,12,14,20,24H,11,13H2,1-2H3,(H,25,27)/t14-,20-/m1/s1. The molecule has 3 aromatic rings. The fourth-order valence-electron chi connectivity index (χ4n) is 3.88. The second-order valence-electron chi connectivity index (χ2n) is 7.41. The Balaban J connectivity index is 1.50. The predicted molar refractivity (Wildman–Crippen MR) is 112 cm³/mol. The highest BCUT2D eigenvalue weighted by atomic mass is 16.5. The van der Waals surface area contributed by atoms with Gasteiger partial charge in [-0.1, -0.05) is 36.4 Å². The molecule has 2 atom stereocenters. The molecule has 4 rings (SSSR count). The summed E-state index contributed by atoms with van der Waals surface area (Å²) in [7, 11) is 1.29. The zero-order valence-corrected chi connectivity index (χ0v) is 16.8. The van der Waals surface area contributed by atoms with Crippen molar-refractivity contribution in [1.29, 1.82) is 0 Å². The highest BCUT2D eigenvalue weighted by Gasteiger charge is 2.35. The van der Waals surface area contributed by atoms with Gasteiger partial charge in [0.15, 0.2) is 0 Å². The number of carbonyl (C=O) groups excluding carboxylic acids is 3. The van der Waals surface area contributed by atoms with Gasteiger partial charge in [-0.3, -0.25) is 9.59 Å². The topological polar surface area (TPSA) is 91.5 Å². The van der Waals surface area contributed by atoms with Gasteiger partial charge in [0.1, 0.15) is 12.1 Å². The van der Waals surface area contributed by atoms with E-state index in [1.165, 1.54) is 12.0 Å². The number of nitrogens with one attached hydrogen (secondary N) is 2. The van der Waals surface area contributed by atoms with Gasteiger partial charge in [-0.05, 0) is 30.2 Å². The van der Waals surface area contributed by atoms with Crippen molar-refractivity contribution in [2.75, 3.05) is 7.11 Å². The Kier molecular flexibility index (Phi) is 5.27. The van der Waals surface area contributed by atoms with E-state index in [9.17, 15) is 14.4 Å². The molecule has 0 saturated carbocycles. The molecular weight excluding hydrogens is 382 g/mol. The molecule has 7 heteroatoms. The molecule has 1 aliphatic heterocycles. The Bertz CT molecular complexity index is 1120. The first-order chi connectivity index (χ1) is 14.5. The van der Waals surface area contributed by atoms with Crippen molar-refractivity contribution in [3.8, 4) is 0 Å². The second kappa shape index (κ2) is 8.02. The van der Waals surface area contributed by atoms with Crippen molar-refractivity contribution in [3.05, 3.63) is 71.4 Å². The fraction of sp³-hybridized carbons (Fsp3) is 0.261. The molecule has 1 aromatic heterocycles. The molecule has 154 valence electrons. The SMILES string of the molecule is COC(=O)[C@@H](Cc1c[nH]c2ccccc12)NC(=O)[C@@H](C)N1Cc2ccccc2C1=O. The number of amides is 2. The van der Waals surface area contributed by atoms with E-state index in [1.807, 2.05) is 42.6 Å². The third-order valence-electron chi connectivity index (χ3n) is 5.60. The number of nitrogens with zero attached hydrogens (tertiary/aromatic N) is 1. The Morgan fingerprint density at radius 2 is 1.90 bits per heavy atom. The number of aromatic amines is 1. The molecule has 1 aliphatic rings. The summed E-state index contributed by atoms with van der Waals surface area (Å²) in [6.45, 7) is 2.04. The normalized spacial score (nSPS) is 15.0. The Labute approximate surface area is 174 Å². The summed E-state index contributed by atoms with van der Waals surface area (Å²) in [6, 6.07) is 13.5. The third kappa shape index (κ3) is 3.54. The number of H-pyrrole nitrogens is 1. The quantitative estimate of drug-likeness (QED) is 0.616. The minimum atomic E-state index is -0.857. The number of fused-ring (bicyclic) bond motifs is 2. The van der Waals surface area contributed by atoms with E-state index >= 15 is 0 Å². The summed E-state index contributed by atoms with van der Waals surface area (Å²) in [6.07, 6.45) is 2.11. The van der Waals surface area contributed by atoms with Gasteiger partial charge in [-0.15, -0.1) is 0 Å². The van der Waals surface area contributed by atoms with Gasteiger partial charge in [-0.2, -0.15) is 0 Å². The van der Waals surface area contributed by atoms with Crippen molar-refractivity contribution in [2.24, 2.45) is 0 Å². The Hall–Kier alpha value is -3.61. The first kappa shape index (κ1) is 19.7. The van der Waals surface area contributed by atoms with E-state index in [2.05, 4.69) is 10.3 Å². The van der Waals surface area contributed by atoms with Crippen molar-refractivity contribution in [1.82, 2.24) is 15.2 Å². The average Bonchev–Trinajstić information content (AvgIpc) is 3.33. The molecule has 0 fully saturated rings. The Morgan fingerprint density at radius 3 is 2.67 bits per heavy atom. The van der Waals surface area contributed by atoms with Crippen LogP contribution in [0.5, 0.6) is 0 Å². The van der Waals surface area contributed by atoms with Gasteiger partial charge < -0.3 is 19.9 Å². The van der Waals surface area contributed by atoms with Crippen LogP contribution in [0.2, 0.25) is 0 Å². The van der Waals surface area contributed by atoms with Crippen molar-refractivity contribution < 1.29 is 19.1 Å². The number of esters is 1. The molecule has 30 heavy (non-hydrogen) atoms. The van der Waals surface area contributed by atoms with E-state index in [0.717, 1.165) is 22.0 Å². The molecule has 2 aromatic carbocycles. The van der Waals surface area contributed by atoms with E-state index in [-0.39, 0.29) is 12.3 Å². The lowest BCUT2D eigenvalue weighted by atomic mass is 10.0. The number of hydrogen-bond donors (Lipinski definition) is 2. The summed E-state index contributed by atoms with van der Waals surface area (Å²) in [5.41, 5.74) is 3.36. The van der Waals surface area contributed by atoms with Crippen LogP contribution in [0.15, 0.2) is 54.7 Å². The van der Waals surface area contributed by atoms with E-state index in [1.54, 1.807) is 19.1 Å². The fourth-order valence-corrected chi connectivity index (χ4v) is 3.88. The molecule has 0 saturated heterocycles. The van der Waals surface area contributed by atoms with Crippen LogP contribution >= 0.6 is 0 Å². The van der Waals surface area contributed by atoms with Gasteiger partial charge in [0.2, 0.25) is 5.91 Å². The Morgan fingerprint density at radius 1 is 1.17 bits per heavy atom. The summed E-state index contributed by atoms with van der Waals surface area (Å²) in [5, 5.41) is 3.76. The average molecular weight is 405 g/mol. The van der Waals surface area contributed by atoms with Crippen LogP contribution in [0.4, 0.5) is 0 Å². The number of methoxy groups -OCH3 is 1. The molecule has 7 nitrogen and oxygen atoms in total. The molecule has 0 unspecified atom stereocenters. The van der Waals surface area contributed by atoms with Crippen LogP contribution in [0, 0.1) is 0 Å². The molecule has 2 amide bonds. The smallest absolute Gasteiger partial charge is 0.328 e. The number of carbonyl (C=O) groups is 3. The number of para-hydroxylation sites is 1. The lowest BCUT2D eigenvalue weighted by molar-refractivity contribution is -0.145. The van der Waals surface area contributed by atoms with Crippen LogP contribution in [0.3, 0.4) is 0 Å². The van der Waals surface area contributed by atoms with Crippen LogP contribution in [0.25, 0.3) is 10.9 Å². The lowest BCUT2D eigenvalue weighted by Crippen LogP contribution is -2.51. The van der Waals surface area contributed by atoms with Gasteiger partial charge >= 0.3 is 5.97 Å². The lowest BCUT2D eigenvalue weighted by Gasteiger charge is -2.25. The van der Waals surface area contributed by atoms with Crippen molar-refractivity contribution in [3.63, 3.8) is 0 Å². The van der Waals surface area contributed by atoms with E-state index in [0.29, 0.717) is 12.1 Å². The van der Waals surface area contributed by atoms with E-state index < -0.39 is 24.0 Å². The molecular formula is C23H23N3O4. The largest absolute Gasteiger partial charge is 0.467 e. The molecule has 0 bridgehead atoms. The maximum Gasteiger partial charge on any atom is 0.328 e. The zero-order chi connectivity index (χ0) is 21.3. The number of ether oxygens (including phenoxy) is 1. The number of benzene rings is 2. The highest BCUT2D eigenvalue weighted by molar-refractivity contribution is 6.01. The maximum absolute atomic E-state index is 12.9. The number of rotatable bonds is 6. The van der Waals surface area contributed by atoms with Crippen LogP contribution < -0.4 is 5.32 Å². The van der Waals surface area contributed by atoms with Crippen LogP contribution in [-0.2, 0) is 27.3 Å². The first-order valence-electron chi connectivity index (χ1n) is 9.81. The van der Waals surface area contributed by atoms with Crippen molar-refractivity contribution >= 4 is 28.7 Å². The minimum Gasteiger partial charge on any atom is -0.467 e. The summed E-state index contributed by atoms with van der Waals surface area (Å²) in [4.78, 5) is 42.7. The first-order valence-corrected chi connectivity index (χ1v) is 9.81. The molecule has 0 aliphatic carbocycles. The number of hydrogen-bond acceptors (Lipinski definition) is 4. The van der Waals surface area contributed by atoms with Gasteiger partial charge in [0, 0.05) is 35.6 Å². The molecule has 2 N–H and O–H groups in total. The summed E-state index contributed by atoms with van der Waals surface area (Å²) >= 11 is 0. The van der Waals surface area contributed by atoms with E-state index in [4.69, 9.17) is 4.74 Å². The summed E-state index contributed by atoms with van der Waals surface area (Å²) < 4.78 is 4.91. The predicted octanol–water partition coefficient (Wildman–Crippen LogP) is 2.41. The molecule has 0 spiro atoms. The highest BCUT2D eigenvalue weighted by Crippen LogP contribution is 2.24. The molecule has 0 radical (unpaired) electrons. The molecule has 2 heterocycles. The summed E-state index contributed by atoms with van der Waals surface area (Å²) in [5.74, 6) is -1.11. The van der Waals surface area contributed by atoms with Gasteiger partial charge in [-0.25, -0.2) is 4.79 Å². The monoisotopic (exact) mass is 405 g/mol. The second-order valence-corrected chi connectivity index (χ2v) is 7.41. The third-order valence-corrected chi connectivity index (χ3v) is 5.60. The minimum absolute atomic E-state index is 0.181. The van der Waals surface area contributed by atoms with Gasteiger partial charge in [0.25, 0.3) is 5.91 Å². The number of aromatic nitrogens is 1. The van der Waals surface area contributed by atoms with Crippen LogP contribution in [0.1, 0.15) is 28.4 Å². The van der Waals surface area contributed by atoms with Crippen LogP contribution in [-0.4, -0.2) is 46.9 Å². The van der Waals surface area contributed by atoms with Crippen molar-refractivity contribution in [2.45, 2.75) is 32.0 Å².